The fraction of sp³-hybridized carbons (Fsp3) is 0.182. The topological polar surface area (TPSA) is 71.8 Å². The Morgan fingerprint density at radius 2 is 2.18 bits per heavy atom. The van der Waals surface area contributed by atoms with Crippen molar-refractivity contribution in [1.82, 2.24) is 14.8 Å². The molecule has 0 bridgehead atoms. The molecule has 0 saturated carbocycles. The number of aryl methyl sites for hydroxylation is 1. The largest absolute Gasteiger partial charge is 0.373 e. The van der Waals surface area contributed by atoms with Crippen molar-refractivity contribution in [3.63, 3.8) is 0 Å². The Morgan fingerprint density at radius 1 is 1.35 bits per heavy atom. The van der Waals surface area contributed by atoms with Crippen LogP contribution in [0.15, 0.2) is 30.6 Å². The third kappa shape index (κ3) is 2.60. The van der Waals surface area contributed by atoms with Crippen LogP contribution in [0.1, 0.15) is 10.4 Å². The Balaban J connectivity index is 2.14. The monoisotopic (exact) mass is 231 g/mol. The standard InChI is InChI=1S/C11H13N5O/c1-12-10-7-8(3-5-13-10)11(17)14-9-4-6-16(2)15-9/h3-7H,1-2H3,(H,12,13)(H,14,15,17). The minimum absolute atomic E-state index is 0.206. The number of hydrogen-bond donors (Lipinski definition) is 2. The SMILES string of the molecule is CNc1cc(C(=O)Nc2ccn(C)n2)ccn1. The van der Waals surface area contributed by atoms with Gasteiger partial charge in [0.25, 0.3) is 5.91 Å². The lowest BCUT2D eigenvalue weighted by Gasteiger charge is -2.03. The van der Waals surface area contributed by atoms with Gasteiger partial charge in [-0.05, 0) is 12.1 Å². The minimum atomic E-state index is -0.206. The van der Waals surface area contributed by atoms with Crippen molar-refractivity contribution in [3.8, 4) is 0 Å². The molecule has 2 N–H and O–H groups in total. The molecule has 0 radical (unpaired) electrons. The second-order valence-corrected chi connectivity index (χ2v) is 3.51. The van der Waals surface area contributed by atoms with Crippen molar-refractivity contribution in [2.75, 3.05) is 17.7 Å². The van der Waals surface area contributed by atoms with Crippen molar-refractivity contribution < 1.29 is 4.79 Å². The summed E-state index contributed by atoms with van der Waals surface area (Å²) >= 11 is 0. The molecule has 0 aromatic carbocycles. The van der Waals surface area contributed by atoms with Crippen molar-refractivity contribution in [3.05, 3.63) is 36.2 Å². The van der Waals surface area contributed by atoms with Crippen molar-refractivity contribution in [1.29, 1.82) is 0 Å². The minimum Gasteiger partial charge on any atom is -0.373 e. The van der Waals surface area contributed by atoms with Gasteiger partial charge >= 0.3 is 0 Å². The fourth-order valence-corrected chi connectivity index (χ4v) is 1.38. The van der Waals surface area contributed by atoms with E-state index in [9.17, 15) is 4.79 Å². The Kier molecular flexibility index (Phi) is 3.04. The molecule has 2 rings (SSSR count). The molecule has 2 aromatic heterocycles. The zero-order chi connectivity index (χ0) is 12.3. The van der Waals surface area contributed by atoms with Crippen LogP contribution in [-0.2, 0) is 7.05 Å². The zero-order valence-electron chi connectivity index (χ0n) is 9.64. The van der Waals surface area contributed by atoms with Crippen molar-refractivity contribution in [2.45, 2.75) is 0 Å². The molecule has 2 heterocycles. The number of carbonyl (C=O) groups excluding carboxylic acids is 1. The summed E-state index contributed by atoms with van der Waals surface area (Å²) in [6.07, 6.45) is 3.35. The summed E-state index contributed by atoms with van der Waals surface area (Å²) in [7, 11) is 3.55. The molecule has 0 aliphatic heterocycles. The maximum atomic E-state index is 11.9. The summed E-state index contributed by atoms with van der Waals surface area (Å²) in [6.45, 7) is 0. The molecule has 2 aromatic rings. The number of hydrogen-bond acceptors (Lipinski definition) is 4. The van der Waals surface area contributed by atoms with E-state index in [1.165, 1.54) is 0 Å². The first kappa shape index (κ1) is 11.1. The number of nitrogens with zero attached hydrogens (tertiary/aromatic N) is 3. The van der Waals surface area contributed by atoms with Gasteiger partial charge in [0.15, 0.2) is 5.82 Å². The van der Waals surface area contributed by atoms with Gasteiger partial charge in [-0.1, -0.05) is 0 Å². The number of carbonyl (C=O) groups is 1. The lowest BCUT2D eigenvalue weighted by Crippen LogP contribution is -2.13. The number of anilines is 2. The second kappa shape index (κ2) is 4.65. The molecule has 17 heavy (non-hydrogen) atoms. The summed E-state index contributed by atoms with van der Waals surface area (Å²) in [5, 5.41) is 9.66. The fourth-order valence-electron chi connectivity index (χ4n) is 1.38. The second-order valence-electron chi connectivity index (χ2n) is 3.51. The van der Waals surface area contributed by atoms with Gasteiger partial charge in [0.05, 0.1) is 0 Å². The van der Waals surface area contributed by atoms with Crippen LogP contribution in [0, 0.1) is 0 Å². The first-order valence-electron chi connectivity index (χ1n) is 5.14. The molecular formula is C11H13N5O. The maximum absolute atomic E-state index is 11.9. The number of aromatic nitrogens is 3. The molecule has 0 unspecified atom stereocenters. The molecule has 1 amide bonds. The Bertz CT molecular complexity index is 534. The van der Waals surface area contributed by atoms with Crippen LogP contribution in [0.4, 0.5) is 11.6 Å². The van der Waals surface area contributed by atoms with Crippen LogP contribution in [0.5, 0.6) is 0 Å². The highest BCUT2D eigenvalue weighted by Gasteiger charge is 2.08. The Hall–Kier alpha value is -2.37. The normalized spacial score (nSPS) is 10.0. The predicted molar refractivity (Wildman–Crippen MR) is 64.9 cm³/mol. The van der Waals surface area contributed by atoms with Gasteiger partial charge in [-0.25, -0.2) is 4.98 Å². The molecule has 88 valence electrons. The Morgan fingerprint density at radius 3 is 2.82 bits per heavy atom. The highest BCUT2D eigenvalue weighted by Crippen LogP contribution is 2.09. The third-order valence-corrected chi connectivity index (χ3v) is 2.23. The molecule has 0 aliphatic rings. The van der Waals surface area contributed by atoms with Crippen molar-refractivity contribution >= 4 is 17.5 Å². The van der Waals surface area contributed by atoms with Crippen LogP contribution < -0.4 is 10.6 Å². The van der Waals surface area contributed by atoms with Crippen LogP contribution in [-0.4, -0.2) is 27.7 Å². The first-order valence-corrected chi connectivity index (χ1v) is 5.14. The predicted octanol–water partition coefficient (Wildman–Crippen LogP) is 1.11. The van der Waals surface area contributed by atoms with E-state index in [4.69, 9.17) is 0 Å². The Labute approximate surface area is 98.7 Å². The molecule has 6 nitrogen and oxygen atoms in total. The summed E-state index contributed by atoms with van der Waals surface area (Å²) in [6, 6.07) is 5.06. The lowest BCUT2D eigenvalue weighted by atomic mass is 10.2. The van der Waals surface area contributed by atoms with Gasteiger partial charge in [-0.2, -0.15) is 5.10 Å². The molecule has 0 spiro atoms. The molecule has 6 heteroatoms. The van der Waals surface area contributed by atoms with Crippen molar-refractivity contribution in [2.24, 2.45) is 7.05 Å². The number of rotatable bonds is 3. The summed E-state index contributed by atoms with van der Waals surface area (Å²) in [5.41, 5.74) is 0.537. The van der Waals surface area contributed by atoms with E-state index in [0.717, 1.165) is 0 Å². The summed E-state index contributed by atoms with van der Waals surface area (Å²) in [4.78, 5) is 15.9. The van der Waals surface area contributed by atoms with E-state index in [-0.39, 0.29) is 5.91 Å². The van der Waals surface area contributed by atoms with Crippen LogP contribution in [0.25, 0.3) is 0 Å². The molecule has 0 aliphatic carbocycles. The van der Waals surface area contributed by atoms with Gasteiger partial charge < -0.3 is 10.6 Å². The zero-order valence-corrected chi connectivity index (χ0v) is 9.64. The van der Waals surface area contributed by atoms with E-state index in [0.29, 0.717) is 17.2 Å². The van der Waals surface area contributed by atoms with Gasteiger partial charge in [0.2, 0.25) is 0 Å². The van der Waals surface area contributed by atoms with Gasteiger partial charge in [-0.3, -0.25) is 9.48 Å². The van der Waals surface area contributed by atoms with E-state index in [1.807, 2.05) is 0 Å². The number of amides is 1. The van der Waals surface area contributed by atoms with Crippen LogP contribution in [0.2, 0.25) is 0 Å². The summed E-state index contributed by atoms with van der Waals surface area (Å²) < 4.78 is 1.63. The molecule has 0 atom stereocenters. The first-order chi connectivity index (χ1) is 8.19. The highest BCUT2D eigenvalue weighted by molar-refractivity contribution is 6.04. The average Bonchev–Trinajstić information content (AvgIpc) is 2.75. The summed E-state index contributed by atoms with van der Waals surface area (Å²) in [5.74, 6) is 0.974. The average molecular weight is 231 g/mol. The quantitative estimate of drug-likeness (QED) is 0.830. The van der Waals surface area contributed by atoms with Crippen LogP contribution >= 0.6 is 0 Å². The van der Waals surface area contributed by atoms with E-state index < -0.39 is 0 Å². The van der Waals surface area contributed by atoms with E-state index >= 15 is 0 Å². The smallest absolute Gasteiger partial charge is 0.257 e. The van der Waals surface area contributed by atoms with Gasteiger partial charge in [0.1, 0.15) is 5.82 Å². The number of nitrogens with one attached hydrogen (secondary N) is 2. The highest BCUT2D eigenvalue weighted by atomic mass is 16.1. The van der Waals surface area contributed by atoms with Crippen LogP contribution in [0.3, 0.4) is 0 Å². The van der Waals surface area contributed by atoms with Gasteiger partial charge in [-0.15, -0.1) is 0 Å². The lowest BCUT2D eigenvalue weighted by molar-refractivity contribution is 0.102. The number of pyridine rings is 1. The third-order valence-electron chi connectivity index (χ3n) is 2.23. The van der Waals surface area contributed by atoms with Gasteiger partial charge in [0, 0.05) is 38.1 Å². The molecular weight excluding hydrogens is 218 g/mol. The molecule has 0 fully saturated rings. The van der Waals surface area contributed by atoms with E-state index in [2.05, 4.69) is 20.7 Å². The van der Waals surface area contributed by atoms with E-state index in [1.54, 1.807) is 49.4 Å². The molecule has 0 saturated heterocycles. The maximum Gasteiger partial charge on any atom is 0.257 e.